The number of rotatable bonds is 2. The Labute approximate surface area is 79.3 Å². The Morgan fingerprint density at radius 1 is 1.46 bits per heavy atom. The Kier molecular flexibility index (Phi) is 2.52. The molecule has 3 nitrogen and oxygen atoms in total. The van der Waals surface area contributed by atoms with Crippen molar-refractivity contribution in [1.29, 1.82) is 5.26 Å². The van der Waals surface area contributed by atoms with E-state index in [1.165, 1.54) is 12.8 Å². The third-order valence-electron chi connectivity index (χ3n) is 3.08. The normalized spacial score (nSPS) is 35.7. The Morgan fingerprint density at radius 2 is 2.08 bits per heavy atom. The third-order valence-corrected chi connectivity index (χ3v) is 3.08. The first kappa shape index (κ1) is 8.98. The summed E-state index contributed by atoms with van der Waals surface area (Å²) in [6.07, 6.45) is 3.94. The van der Waals surface area contributed by atoms with E-state index in [0.29, 0.717) is 24.7 Å². The van der Waals surface area contributed by atoms with Crippen LogP contribution in [-0.2, 0) is 4.74 Å². The predicted molar refractivity (Wildman–Crippen MR) is 49.2 cm³/mol. The summed E-state index contributed by atoms with van der Waals surface area (Å²) >= 11 is 0. The smallest absolute Gasteiger partial charge is 0.0707 e. The summed E-state index contributed by atoms with van der Waals surface area (Å²) in [7, 11) is 0. The van der Waals surface area contributed by atoms with Gasteiger partial charge in [0.2, 0.25) is 0 Å². The maximum absolute atomic E-state index is 8.61. The summed E-state index contributed by atoms with van der Waals surface area (Å²) in [5.41, 5.74) is 0. The molecule has 0 aromatic carbocycles. The second-order valence-electron chi connectivity index (χ2n) is 4.12. The fourth-order valence-corrected chi connectivity index (χ4v) is 2.27. The van der Waals surface area contributed by atoms with Crippen LogP contribution in [0.3, 0.4) is 0 Å². The largest absolute Gasteiger partial charge is 0.372 e. The van der Waals surface area contributed by atoms with Crippen LogP contribution < -0.4 is 0 Å². The average Bonchev–Trinajstić information content (AvgIpc) is 2.46. The van der Waals surface area contributed by atoms with E-state index in [0.717, 1.165) is 13.1 Å². The van der Waals surface area contributed by atoms with Gasteiger partial charge in [-0.25, -0.2) is 0 Å². The molecule has 0 aliphatic carbocycles. The van der Waals surface area contributed by atoms with E-state index < -0.39 is 0 Å². The molecule has 3 unspecified atom stereocenters. The molecule has 72 valence electrons. The van der Waals surface area contributed by atoms with Gasteiger partial charge in [0.05, 0.1) is 24.7 Å². The topological polar surface area (TPSA) is 36.3 Å². The van der Waals surface area contributed by atoms with Crippen molar-refractivity contribution < 1.29 is 4.74 Å². The van der Waals surface area contributed by atoms with Gasteiger partial charge in [0, 0.05) is 19.1 Å². The van der Waals surface area contributed by atoms with Gasteiger partial charge in [-0.15, -0.1) is 0 Å². The Morgan fingerprint density at radius 3 is 2.62 bits per heavy atom. The van der Waals surface area contributed by atoms with Crippen molar-refractivity contribution in [3.8, 4) is 6.07 Å². The Bertz CT molecular complexity index is 211. The first-order valence-electron chi connectivity index (χ1n) is 5.06. The predicted octanol–water partition coefficient (Wildman–Crippen LogP) is 1.15. The van der Waals surface area contributed by atoms with Gasteiger partial charge in [-0.05, 0) is 19.8 Å². The summed E-state index contributed by atoms with van der Waals surface area (Å²) in [4.78, 5) is 2.40. The van der Waals surface area contributed by atoms with Crippen LogP contribution in [0.25, 0.3) is 0 Å². The van der Waals surface area contributed by atoms with Crippen LogP contribution in [-0.4, -0.2) is 36.2 Å². The highest BCUT2D eigenvalue weighted by molar-refractivity contribution is 4.89. The number of morpholine rings is 1. The summed E-state index contributed by atoms with van der Waals surface area (Å²) in [6, 6.07) is 2.63. The van der Waals surface area contributed by atoms with Gasteiger partial charge in [-0.1, -0.05) is 0 Å². The van der Waals surface area contributed by atoms with Crippen LogP contribution in [0, 0.1) is 11.3 Å². The molecule has 0 radical (unpaired) electrons. The van der Waals surface area contributed by atoms with Gasteiger partial charge < -0.3 is 4.74 Å². The van der Waals surface area contributed by atoms with Crippen LogP contribution >= 0.6 is 0 Å². The number of nitrogens with zero attached hydrogens (tertiary/aromatic N) is 2. The van der Waals surface area contributed by atoms with Crippen LogP contribution in [0.1, 0.15) is 26.2 Å². The highest BCUT2D eigenvalue weighted by atomic mass is 16.5. The minimum atomic E-state index is 0.400. The number of ether oxygens (including phenoxy) is 1. The molecule has 2 bridgehead atoms. The van der Waals surface area contributed by atoms with Gasteiger partial charge in [-0.2, -0.15) is 5.26 Å². The maximum atomic E-state index is 8.61. The monoisotopic (exact) mass is 180 g/mol. The molecule has 0 spiro atoms. The standard InChI is InChI=1S/C10H16N2O/c1-8(4-5-11)12-6-9-2-3-10(7-12)13-9/h8-10H,2-4,6-7H2,1H3. The fourth-order valence-electron chi connectivity index (χ4n) is 2.27. The number of hydrogen-bond donors (Lipinski definition) is 0. The van der Waals surface area contributed by atoms with Crippen molar-refractivity contribution in [1.82, 2.24) is 4.90 Å². The van der Waals surface area contributed by atoms with E-state index in [1.807, 2.05) is 0 Å². The lowest BCUT2D eigenvalue weighted by molar-refractivity contribution is -0.0497. The zero-order valence-electron chi connectivity index (χ0n) is 8.07. The minimum absolute atomic E-state index is 0.400. The van der Waals surface area contributed by atoms with Crippen LogP contribution in [0.15, 0.2) is 0 Å². The van der Waals surface area contributed by atoms with Crippen molar-refractivity contribution in [2.45, 2.75) is 44.4 Å². The summed E-state index contributed by atoms with van der Waals surface area (Å²) in [5, 5.41) is 8.61. The molecule has 0 amide bonds. The molecule has 0 aromatic heterocycles. The zero-order chi connectivity index (χ0) is 9.26. The molecule has 2 fully saturated rings. The SMILES string of the molecule is CC(CC#N)N1CC2CCC(C1)O2. The molecule has 2 heterocycles. The van der Waals surface area contributed by atoms with Crippen molar-refractivity contribution in [2.24, 2.45) is 0 Å². The van der Waals surface area contributed by atoms with E-state index in [4.69, 9.17) is 10.00 Å². The third kappa shape index (κ3) is 1.84. The van der Waals surface area contributed by atoms with Gasteiger partial charge >= 0.3 is 0 Å². The number of nitriles is 1. The molecule has 2 aliphatic heterocycles. The lowest BCUT2D eigenvalue weighted by Gasteiger charge is -2.35. The van der Waals surface area contributed by atoms with Crippen LogP contribution in [0.2, 0.25) is 0 Å². The van der Waals surface area contributed by atoms with Crippen molar-refractivity contribution >= 4 is 0 Å². The fraction of sp³-hybridized carbons (Fsp3) is 0.900. The average molecular weight is 180 g/mol. The molecule has 0 aromatic rings. The van der Waals surface area contributed by atoms with Gasteiger partial charge in [0.15, 0.2) is 0 Å². The molecule has 3 heteroatoms. The summed E-state index contributed by atoms with van der Waals surface area (Å²) in [5.74, 6) is 0. The zero-order valence-corrected chi connectivity index (χ0v) is 8.07. The lowest BCUT2D eigenvalue weighted by Crippen LogP contribution is -2.46. The van der Waals surface area contributed by atoms with Crippen molar-refractivity contribution in [2.75, 3.05) is 13.1 Å². The number of fused-ring (bicyclic) bond motifs is 2. The van der Waals surface area contributed by atoms with Crippen molar-refractivity contribution in [3.63, 3.8) is 0 Å². The number of hydrogen-bond acceptors (Lipinski definition) is 3. The molecular formula is C10H16N2O. The molecule has 2 rings (SSSR count). The molecule has 0 saturated carbocycles. The van der Waals surface area contributed by atoms with Gasteiger partial charge in [0.1, 0.15) is 0 Å². The molecular weight excluding hydrogens is 164 g/mol. The summed E-state index contributed by atoms with van der Waals surface area (Å²) in [6.45, 7) is 4.19. The molecule has 13 heavy (non-hydrogen) atoms. The van der Waals surface area contributed by atoms with Crippen LogP contribution in [0.4, 0.5) is 0 Å². The molecule has 2 aliphatic rings. The molecule has 3 atom stereocenters. The van der Waals surface area contributed by atoms with Gasteiger partial charge in [-0.3, -0.25) is 4.90 Å². The van der Waals surface area contributed by atoms with E-state index in [1.54, 1.807) is 0 Å². The van der Waals surface area contributed by atoms with E-state index in [-0.39, 0.29) is 0 Å². The first-order chi connectivity index (χ1) is 6.29. The molecule has 0 N–H and O–H groups in total. The highest BCUT2D eigenvalue weighted by Crippen LogP contribution is 2.27. The molecule has 2 saturated heterocycles. The lowest BCUT2D eigenvalue weighted by atomic mass is 10.2. The minimum Gasteiger partial charge on any atom is -0.372 e. The Hall–Kier alpha value is -0.590. The second kappa shape index (κ2) is 3.65. The van der Waals surface area contributed by atoms with E-state index >= 15 is 0 Å². The maximum Gasteiger partial charge on any atom is 0.0707 e. The number of likely N-dealkylation sites (tertiary alicyclic amines) is 1. The van der Waals surface area contributed by atoms with Crippen molar-refractivity contribution in [3.05, 3.63) is 0 Å². The second-order valence-corrected chi connectivity index (χ2v) is 4.12. The van der Waals surface area contributed by atoms with E-state index in [9.17, 15) is 0 Å². The summed E-state index contributed by atoms with van der Waals surface area (Å²) < 4.78 is 5.73. The van der Waals surface area contributed by atoms with Crippen LogP contribution in [0.5, 0.6) is 0 Å². The van der Waals surface area contributed by atoms with Gasteiger partial charge in [0.25, 0.3) is 0 Å². The highest BCUT2D eigenvalue weighted by Gasteiger charge is 2.35. The van der Waals surface area contributed by atoms with E-state index in [2.05, 4.69) is 17.9 Å². The first-order valence-corrected chi connectivity index (χ1v) is 5.06. The quantitative estimate of drug-likeness (QED) is 0.639. The Balaban J connectivity index is 1.91.